The van der Waals surface area contributed by atoms with Gasteiger partial charge in [0.05, 0.1) is 55.2 Å². The number of hydrogen-bond acceptors (Lipinski definition) is 19. The largest absolute Gasteiger partial charge is 0.491 e. The lowest BCUT2D eigenvalue weighted by atomic mass is 10.0. The van der Waals surface area contributed by atoms with Crippen LogP contribution in [0.25, 0.3) is 0 Å². The second-order valence-electron chi connectivity index (χ2n) is 23.9. The molecule has 510 valence electrons. The first-order valence-corrected chi connectivity index (χ1v) is 32.4. The van der Waals surface area contributed by atoms with E-state index in [9.17, 15) is 25.5 Å². The number of rotatable bonds is 30. The van der Waals surface area contributed by atoms with Gasteiger partial charge in [-0.3, -0.25) is 4.98 Å². The summed E-state index contributed by atoms with van der Waals surface area (Å²) in [6.07, 6.45) is 5.71. The van der Waals surface area contributed by atoms with Gasteiger partial charge in [0.15, 0.2) is 0 Å². The van der Waals surface area contributed by atoms with E-state index in [0.29, 0.717) is 105 Å². The summed E-state index contributed by atoms with van der Waals surface area (Å²) in [4.78, 5) is 25.3. The first kappa shape index (κ1) is 82.4. The summed E-state index contributed by atoms with van der Waals surface area (Å²) in [5.74, 6) is 6.96. The summed E-state index contributed by atoms with van der Waals surface area (Å²) < 4.78 is 32.3. The van der Waals surface area contributed by atoms with Gasteiger partial charge in [-0.05, 0) is 122 Å². The van der Waals surface area contributed by atoms with Crippen molar-refractivity contribution in [2.24, 2.45) is 0 Å². The zero-order valence-corrected chi connectivity index (χ0v) is 58.0. The lowest BCUT2D eigenvalue weighted by molar-refractivity contribution is 0.0519. The number of aryl methyl sites for hydroxylation is 1. The molecule has 0 radical (unpaired) electrons. The average Bonchev–Trinajstić information content (AvgIpc) is 3.12. The summed E-state index contributed by atoms with van der Waals surface area (Å²) in [6.45, 7) is 38.0. The molecule has 6 atom stereocenters. The van der Waals surface area contributed by atoms with Crippen molar-refractivity contribution in [3.63, 3.8) is 0 Å². The third kappa shape index (κ3) is 37.5. The second-order valence-corrected chi connectivity index (χ2v) is 23.9. The van der Waals surface area contributed by atoms with E-state index in [2.05, 4.69) is 117 Å². The van der Waals surface area contributed by atoms with Crippen molar-refractivity contribution in [3.8, 4) is 35.0 Å². The Hall–Kier alpha value is -6.58. The fraction of sp³-hybridized carbons (Fsp3) is 0.583. The molecule has 0 amide bonds. The zero-order valence-electron chi connectivity index (χ0n) is 58.0. The maximum absolute atomic E-state index is 9.37. The molecule has 2 aromatic carbocycles. The van der Waals surface area contributed by atoms with Crippen LogP contribution in [0.1, 0.15) is 225 Å². The highest BCUT2D eigenvalue weighted by molar-refractivity contribution is 5.31. The summed E-state index contributed by atoms with van der Waals surface area (Å²) >= 11 is 0. The summed E-state index contributed by atoms with van der Waals surface area (Å²) in [7, 11) is 0. The third-order valence-corrected chi connectivity index (χ3v) is 13.6. The van der Waals surface area contributed by atoms with E-state index in [1.807, 2.05) is 116 Å². The van der Waals surface area contributed by atoms with Crippen LogP contribution in [-0.2, 0) is 0 Å². The second kappa shape index (κ2) is 47.3. The first-order chi connectivity index (χ1) is 43.2. The Morgan fingerprint density at radius 1 is 0.352 bits per heavy atom. The Balaban J connectivity index is 0.000000546. The van der Waals surface area contributed by atoms with Crippen LogP contribution in [0.15, 0.2) is 104 Å². The zero-order chi connectivity index (χ0) is 68.4. The molecule has 0 aliphatic carbocycles. The average molecular weight is 1270 g/mol. The molecule has 0 saturated carbocycles. The number of ether oxygens (including phenoxy) is 6. The van der Waals surface area contributed by atoms with Crippen molar-refractivity contribution < 1.29 is 64.2 Å². The van der Waals surface area contributed by atoms with Crippen LogP contribution >= 0.6 is 0 Å². The van der Waals surface area contributed by atoms with Crippen LogP contribution in [0.2, 0.25) is 0 Å². The molecule has 4 aromatic heterocycles. The molecule has 19 nitrogen and oxygen atoms in total. The van der Waals surface area contributed by atoms with Gasteiger partial charge in [0.25, 0.3) is 0 Å². The van der Waals surface area contributed by atoms with Crippen molar-refractivity contribution >= 4 is 0 Å². The van der Waals surface area contributed by atoms with Crippen molar-refractivity contribution in [1.82, 2.24) is 29.9 Å². The van der Waals surface area contributed by atoms with Gasteiger partial charge in [0.2, 0.25) is 23.5 Å². The Morgan fingerprint density at radius 3 is 1.29 bits per heavy atom. The number of aromatic nitrogens is 6. The molecule has 0 spiro atoms. The van der Waals surface area contributed by atoms with Crippen LogP contribution in [0.3, 0.4) is 0 Å². The van der Waals surface area contributed by atoms with Crippen molar-refractivity contribution in [3.05, 3.63) is 143 Å². The van der Waals surface area contributed by atoms with Crippen molar-refractivity contribution in [1.29, 1.82) is 0 Å². The quantitative estimate of drug-likeness (QED) is 0.0221. The molecule has 0 bridgehead atoms. The minimum atomic E-state index is -0.877. The highest BCUT2D eigenvalue weighted by Crippen LogP contribution is 2.23. The minimum Gasteiger partial charge on any atom is -0.491 e. The molecule has 0 saturated heterocycles. The van der Waals surface area contributed by atoms with Crippen LogP contribution in [0.4, 0.5) is 0 Å². The standard InChI is InChI=1S/2C13H20O2.2C12H19NO2.C11H18N2O3.C11H18N2O2/c1-4-12(14)9-15-13-7-5-11(6-8-13)10(2)3;1-4-12(14)9-15-13-7-5-6-11(8-13)10(2)3;1-4-11(14)8-15-12-7-10(9(2)3)5-6-13-12;1-4-10(14)8-15-12-7-5-6-11(13-12)9(2)3;1-7(2)11-12-8(3)4-10(13-11)16-6-9(15)5-14;1-4-9(14)7-15-11-6-12-10(5-13-11)8(2)3/h2*5-8,10,12,14H,4,9H2,1-3H3;5-7,9,11,14H,4,8H2,1-3H3;5-7,9-10,14H,4,8H2,1-3H3;4,7,9,14-15H,5-6H2,1-3H3;5-6,8-9,14H,4,7H2,1-3H3. The van der Waals surface area contributed by atoms with Gasteiger partial charge in [-0.1, -0.05) is 148 Å². The molecule has 91 heavy (non-hydrogen) atoms. The third-order valence-electron chi connectivity index (χ3n) is 13.6. The molecule has 6 unspecified atom stereocenters. The monoisotopic (exact) mass is 1270 g/mol. The van der Waals surface area contributed by atoms with Crippen LogP contribution < -0.4 is 28.4 Å². The Labute approximate surface area is 545 Å². The predicted octanol–water partition coefficient (Wildman–Crippen LogP) is 13.0. The number of pyridine rings is 2. The van der Waals surface area contributed by atoms with Crippen molar-refractivity contribution in [2.45, 2.75) is 229 Å². The fourth-order valence-corrected chi connectivity index (χ4v) is 6.95. The molecule has 0 fully saturated rings. The molecular formula is C72H114N6O13. The molecule has 6 rings (SSSR count). The van der Waals surface area contributed by atoms with Gasteiger partial charge < -0.3 is 64.2 Å². The van der Waals surface area contributed by atoms with Crippen LogP contribution in [0, 0.1) is 6.92 Å². The highest BCUT2D eigenvalue weighted by atomic mass is 16.5. The number of benzene rings is 2. The van der Waals surface area contributed by atoms with Crippen LogP contribution in [-0.4, -0.2) is 149 Å². The van der Waals surface area contributed by atoms with E-state index in [-0.39, 0.29) is 37.9 Å². The number of hydrogen-bond donors (Lipinski definition) is 7. The summed E-state index contributed by atoms with van der Waals surface area (Å²) in [6, 6.07) is 27.4. The van der Waals surface area contributed by atoms with Gasteiger partial charge in [-0.25, -0.2) is 19.9 Å². The Morgan fingerprint density at radius 2 is 0.813 bits per heavy atom. The van der Waals surface area contributed by atoms with E-state index >= 15 is 0 Å². The van der Waals surface area contributed by atoms with Crippen LogP contribution in [0.5, 0.6) is 35.0 Å². The van der Waals surface area contributed by atoms with Gasteiger partial charge in [-0.15, -0.1) is 0 Å². The maximum atomic E-state index is 9.37. The molecule has 7 N–H and O–H groups in total. The number of aliphatic hydroxyl groups excluding tert-OH is 7. The fourth-order valence-electron chi connectivity index (χ4n) is 6.95. The van der Waals surface area contributed by atoms with E-state index < -0.39 is 24.4 Å². The predicted molar refractivity (Wildman–Crippen MR) is 362 cm³/mol. The van der Waals surface area contributed by atoms with E-state index in [0.717, 1.165) is 41.4 Å². The summed E-state index contributed by atoms with van der Waals surface area (Å²) in [5, 5.41) is 64.5. The number of nitrogens with zero attached hydrogens (tertiary/aromatic N) is 6. The van der Waals surface area contributed by atoms with Gasteiger partial charge in [0, 0.05) is 41.7 Å². The smallest absolute Gasteiger partial charge is 0.232 e. The maximum Gasteiger partial charge on any atom is 0.232 e. The molecule has 6 aromatic rings. The molecular weight excluding hydrogens is 1160 g/mol. The highest BCUT2D eigenvalue weighted by Gasteiger charge is 2.12. The van der Waals surface area contributed by atoms with Crippen molar-refractivity contribution in [2.75, 3.05) is 46.2 Å². The SMILES string of the molecule is CCC(O)COc1cc(C(C)C)ccn1.CCC(O)COc1ccc(C(C)C)cc1.CCC(O)COc1cccc(C(C)C)c1.CCC(O)COc1cccc(C(C)C)n1.CCC(O)COc1cnc(C(C)C)cn1.Cc1cc(OCC(O)CO)nc(C(C)C)n1. The van der Waals surface area contributed by atoms with E-state index in [4.69, 9.17) is 38.6 Å². The van der Waals surface area contributed by atoms with Gasteiger partial charge in [-0.2, -0.15) is 4.98 Å². The molecule has 0 aliphatic heterocycles. The minimum absolute atomic E-state index is 0.0322. The van der Waals surface area contributed by atoms with Gasteiger partial charge >= 0.3 is 0 Å². The van der Waals surface area contributed by atoms with E-state index in [1.165, 1.54) is 16.7 Å². The lowest BCUT2D eigenvalue weighted by Crippen LogP contribution is -2.21. The Kier molecular flexibility index (Phi) is 42.9. The number of aliphatic hydroxyl groups is 7. The van der Waals surface area contributed by atoms with Gasteiger partial charge in [0.1, 0.15) is 63.1 Å². The molecule has 19 heteroatoms. The summed E-state index contributed by atoms with van der Waals surface area (Å²) in [5.41, 5.74) is 6.55. The topological polar surface area (TPSA) is 274 Å². The molecule has 0 aliphatic rings. The Bertz CT molecular complexity index is 2560. The molecule has 4 heterocycles. The first-order valence-electron chi connectivity index (χ1n) is 32.4. The van der Waals surface area contributed by atoms with E-state index in [1.54, 1.807) is 24.7 Å². The normalized spacial score (nSPS) is 12.9. The lowest BCUT2D eigenvalue weighted by Gasteiger charge is -2.12.